The van der Waals surface area contributed by atoms with Gasteiger partial charge < -0.3 is 5.32 Å². The Morgan fingerprint density at radius 1 is 1.56 bits per heavy atom. The fourth-order valence-electron chi connectivity index (χ4n) is 0.678. The molecule has 9 heavy (non-hydrogen) atoms. The first-order valence-electron chi connectivity index (χ1n) is 3.22. The van der Waals surface area contributed by atoms with Gasteiger partial charge in [-0.05, 0) is 12.8 Å². The normalized spacial score (nSPS) is 9.67. The largest absolute Gasteiger partial charge is 0.334 e. The van der Waals surface area contributed by atoms with Crippen LogP contribution in [0.3, 0.4) is 0 Å². The second kappa shape index (κ2) is 4.18. The van der Waals surface area contributed by atoms with Crippen LogP contribution in [0.15, 0.2) is 0 Å². The lowest BCUT2D eigenvalue weighted by atomic mass is 10.2. The summed E-state index contributed by atoms with van der Waals surface area (Å²) in [5, 5.41) is 2.51. The third-order valence-corrected chi connectivity index (χ3v) is 1.32. The molecule has 0 aliphatic heterocycles. The second-order valence-electron chi connectivity index (χ2n) is 1.99. The summed E-state index contributed by atoms with van der Waals surface area (Å²) in [6.45, 7) is 3.98. The Hall–Kier alpha value is -0.730. The van der Waals surface area contributed by atoms with Gasteiger partial charge in [0.15, 0.2) is 0 Å². The summed E-state index contributed by atoms with van der Waals surface area (Å²) in [6, 6.07) is -0.487. The van der Waals surface area contributed by atoms with Gasteiger partial charge in [0.05, 0.1) is 0 Å². The van der Waals surface area contributed by atoms with Gasteiger partial charge in [0, 0.05) is 6.04 Å². The van der Waals surface area contributed by atoms with Crippen LogP contribution in [0.4, 0.5) is 4.79 Å². The molecule has 0 spiro atoms. The Morgan fingerprint density at radius 3 is 2.11 bits per heavy atom. The van der Waals surface area contributed by atoms with Crippen LogP contribution in [0, 0.1) is 0 Å². The first-order chi connectivity index (χ1) is 4.20. The highest BCUT2D eigenvalue weighted by Crippen LogP contribution is 1.94. The Kier molecular flexibility index (Phi) is 3.84. The second-order valence-corrected chi connectivity index (χ2v) is 1.99. The molecule has 0 rings (SSSR count). The number of urea groups is 1. The highest BCUT2D eigenvalue weighted by molar-refractivity contribution is 5.71. The molecule has 3 nitrogen and oxygen atoms in total. The van der Waals surface area contributed by atoms with E-state index in [-0.39, 0.29) is 6.04 Å². The molecule has 0 aliphatic rings. The number of carbonyl (C=O) groups excluding carboxylic acids is 1. The van der Waals surface area contributed by atoms with Crippen LogP contribution < -0.4 is 11.1 Å². The predicted molar refractivity (Wildman–Crippen MR) is 36.0 cm³/mol. The lowest BCUT2D eigenvalue weighted by Gasteiger charge is -2.10. The Labute approximate surface area is 55.6 Å². The number of rotatable bonds is 3. The summed E-state index contributed by atoms with van der Waals surface area (Å²) in [7, 11) is 0. The van der Waals surface area contributed by atoms with Crippen LogP contribution in [0.25, 0.3) is 0 Å². The van der Waals surface area contributed by atoms with E-state index in [0.29, 0.717) is 0 Å². The third kappa shape index (κ3) is 3.82. The maximum atomic E-state index is 10.1. The van der Waals surface area contributed by atoms with Crippen molar-refractivity contribution in [3.05, 3.63) is 0 Å². The molecule has 0 aromatic heterocycles. The molecule has 0 aromatic carbocycles. The summed E-state index contributed by atoms with van der Waals surface area (Å²) in [6.07, 6.45) is 1.81. The molecule has 0 aliphatic carbocycles. The first-order valence-corrected chi connectivity index (χ1v) is 3.22. The smallest absolute Gasteiger partial charge is 0.333 e. The average molecular weight is 129 g/mol. The minimum absolute atomic E-state index is 0.190. The molecule has 1 radical (unpaired) electrons. The van der Waals surface area contributed by atoms with Gasteiger partial charge >= 0.3 is 6.03 Å². The first kappa shape index (κ1) is 8.27. The summed E-state index contributed by atoms with van der Waals surface area (Å²) >= 11 is 0. The van der Waals surface area contributed by atoms with E-state index in [0.717, 1.165) is 12.8 Å². The monoisotopic (exact) mass is 129 g/mol. The molecule has 53 valence electrons. The van der Waals surface area contributed by atoms with Crippen LogP contribution in [0.2, 0.25) is 0 Å². The summed E-state index contributed by atoms with van der Waals surface area (Å²) in [5.41, 5.74) is 6.56. The molecule has 0 saturated heterocycles. The van der Waals surface area contributed by atoms with Gasteiger partial charge in [-0.2, -0.15) is 0 Å². The van der Waals surface area contributed by atoms with Crippen LogP contribution in [0.5, 0.6) is 0 Å². The molecule has 3 heteroatoms. The molecule has 0 unspecified atom stereocenters. The number of carbonyl (C=O) groups is 1. The van der Waals surface area contributed by atoms with E-state index in [4.69, 9.17) is 5.73 Å². The third-order valence-electron chi connectivity index (χ3n) is 1.32. The summed E-state index contributed by atoms with van der Waals surface area (Å²) in [5.74, 6) is 0. The SMILES string of the molecule is CCC(CC)NC([NH])=O. The van der Waals surface area contributed by atoms with E-state index in [1.807, 2.05) is 13.8 Å². The highest BCUT2D eigenvalue weighted by Gasteiger charge is 2.03. The van der Waals surface area contributed by atoms with Crippen molar-refractivity contribution in [1.29, 1.82) is 0 Å². The van der Waals surface area contributed by atoms with E-state index in [2.05, 4.69) is 5.32 Å². The van der Waals surface area contributed by atoms with Crippen LogP contribution in [0.1, 0.15) is 26.7 Å². The van der Waals surface area contributed by atoms with Crippen molar-refractivity contribution in [1.82, 2.24) is 11.1 Å². The minimum Gasteiger partial charge on any atom is -0.334 e. The van der Waals surface area contributed by atoms with Gasteiger partial charge in [0.1, 0.15) is 0 Å². The van der Waals surface area contributed by atoms with Crippen molar-refractivity contribution in [2.24, 2.45) is 0 Å². The van der Waals surface area contributed by atoms with E-state index in [1.54, 1.807) is 0 Å². The highest BCUT2D eigenvalue weighted by atomic mass is 16.2. The standard InChI is InChI=1S/C6H13N2O/c1-3-5(4-2)8-6(7)9/h5,7H,3-4H2,1-2H3,(H,8,9). The van der Waals surface area contributed by atoms with E-state index in [1.165, 1.54) is 0 Å². The van der Waals surface area contributed by atoms with Crippen LogP contribution >= 0.6 is 0 Å². The molecule has 2 amide bonds. The van der Waals surface area contributed by atoms with Crippen molar-refractivity contribution in [2.45, 2.75) is 32.7 Å². The fraction of sp³-hybridized carbons (Fsp3) is 0.833. The van der Waals surface area contributed by atoms with Crippen molar-refractivity contribution in [2.75, 3.05) is 0 Å². The lowest BCUT2D eigenvalue weighted by Crippen LogP contribution is -2.33. The lowest BCUT2D eigenvalue weighted by molar-refractivity contribution is 0.243. The average Bonchev–Trinajstić information content (AvgIpc) is 1.82. The summed E-state index contributed by atoms with van der Waals surface area (Å²) in [4.78, 5) is 10.1. The zero-order chi connectivity index (χ0) is 7.28. The van der Waals surface area contributed by atoms with Crippen molar-refractivity contribution >= 4 is 6.03 Å². The zero-order valence-electron chi connectivity index (χ0n) is 5.90. The van der Waals surface area contributed by atoms with Gasteiger partial charge in [-0.3, -0.25) is 0 Å². The molecule has 0 bridgehead atoms. The molecule has 0 atom stereocenters. The van der Waals surface area contributed by atoms with Crippen molar-refractivity contribution in [3.63, 3.8) is 0 Å². The quantitative estimate of drug-likeness (QED) is 0.611. The zero-order valence-corrected chi connectivity index (χ0v) is 5.90. The predicted octanol–water partition coefficient (Wildman–Crippen LogP) is 1.17. The van der Waals surface area contributed by atoms with E-state index < -0.39 is 6.03 Å². The van der Waals surface area contributed by atoms with Gasteiger partial charge in [0.2, 0.25) is 0 Å². The maximum Gasteiger partial charge on any atom is 0.333 e. The van der Waals surface area contributed by atoms with Gasteiger partial charge in [-0.1, -0.05) is 13.8 Å². The number of hydrogen-bond donors (Lipinski definition) is 1. The van der Waals surface area contributed by atoms with Gasteiger partial charge in [0.25, 0.3) is 0 Å². The molecule has 0 aromatic rings. The number of hydrogen-bond acceptors (Lipinski definition) is 1. The topological polar surface area (TPSA) is 52.9 Å². The molecule has 2 N–H and O–H groups in total. The molecular weight excluding hydrogens is 116 g/mol. The number of amides is 2. The van der Waals surface area contributed by atoms with E-state index >= 15 is 0 Å². The van der Waals surface area contributed by atoms with E-state index in [9.17, 15) is 4.79 Å². The molecular formula is C6H13N2O. The van der Waals surface area contributed by atoms with Crippen LogP contribution in [-0.4, -0.2) is 12.1 Å². The Bertz CT molecular complexity index is 89.1. The summed E-state index contributed by atoms with van der Waals surface area (Å²) < 4.78 is 0. The molecule has 0 saturated carbocycles. The molecule has 0 heterocycles. The van der Waals surface area contributed by atoms with Gasteiger partial charge in [-0.25, -0.2) is 10.5 Å². The number of nitrogens with one attached hydrogen (secondary N) is 2. The van der Waals surface area contributed by atoms with Crippen LogP contribution in [-0.2, 0) is 0 Å². The van der Waals surface area contributed by atoms with Gasteiger partial charge in [-0.15, -0.1) is 0 Å². The maximum absolute atomic E-state index is 10.1. The minimum atomic E-state index is -0.677. The van der Waals surface area contributed by atoms with Crippen molar-refractivity contribution < 1.29 is 4.79 Å². The molecule has 0 fully saturated rings. The fourth-order valence-corrected chi connectivity index (χ4v) is 0.678. The Morgan fingerprint density at radius 2 is 2.00 bits per heavy atom. The Balaban J connectivity index is 3.43. The van der Waals surface area contributed by atoms with Crippen molar-refractivity contribution in [3.8, 4) is 0 Å².